The van der Waals surface area contributed by atoms with Crippen molar-refractivity contribution in [2.75, 3.05) is 5.32 Å². The minimum Gasteiger partial charge on any atom is -0.326 e. The number of hydrogen-bond donors (Lipinski definition) is 3. The predicted octanol–water partition coefficient (Wildman–Crippen LogP) is 1.71. The lowest BCUT2D eigenvalue weighted by molar-refractivity contribution is -0.122. The van der Waals surface area contributed by atoms with Crippen LogP contribution in [0.2, 0.25) is 0 Å². The summed E-state index contributed by atoms with van der Waals surface area (Å²) in [4.78, 5) is 12.5. The van der Waals surface area contributed by atoms with E-state index in [1.165, 1.54) is 0 Å². The number of aromatic amines is 1. The molecule has 4 N–H and O–H groups in total. The number of aromatic nitrogens is 4. The molecule has 2 aromatic rings. The molecule has 1 aromatic carbocycles. The second kappa shape index (κ2) is 5.84. The molecule has 2 atom stereocenters. The van der Waals surface area contributed by atoms with Gasteiger partial charge in [0.25, 0.3) is 0 Å². The lowest BCUT2D eigenvalue weighted by Gasteiger charge is -2.37. The Morgan fingerprint density at radius 3 is 2.77 bits per heavy atom. The van der Waals surface area contributed by atoms with Gasteiger partial charge in [0.2, 0.25) is 11.7 Å². The number of benzene rings is 1. The maximum atomic E-state index is 12.5. The van der Waals surface area contributed by atoms with Crippen LogP contribution in [-0.4, -0.2) is 32.1 Å². The van der Waals surface area contributed by atoms with Crippen molar-refractivity contribution < 1.29 is 4.79 Å². The average Bonchev–Trinajstić information content (AvgIpc) is 3.01. The van der Waals surface area contributed by atoms with Gasteiger partial charge in [-0.2, -0.15) is 5.21 Å². The lowest BCUT2D eigenvalue weighted by atomic mass is 9.74. The molecule has 7 nitrogen and oxygen atoms in total. The molecule has 3 rings (SSSR count). The summed E-state index contributed by atoms with van der Waals surface area (Å²) < 4.78 is 0. The van der Waals surface area contributed by atoms with E-state index in [-0.39, 0.29) is 11.8 Å². The quantitative estimate of drug-likeness (QED) is 0.799. The minimum absolute atomic E-state index is 0.00277. The first kappa shape index (κ1) is 14.6. The highest BCUT2D eigenvalue weighted by molar-refractivity contribution is 5.93. The number of nitrogens with zero attached hydrogens (tertiary/aromatic N) is 3. The summed E-state index contributed by atoms with van der Waals surface area (Å²) in [5.74, 6) is 0.384. The highest BCUT2D eigenvalue weighted by Gasteiger charge is 2.37. The largest absolute Gasteiger partial charge is 0.326 e. The zero-order valence-electron chi connectivity index (χ0n) is 12.5. The Hall–Kier alpha value is -2.28. The van der Waals surface area contributed by atoms with Crippen LogP contribution in [0.5, 0.6) is 0 Å². The molecule has 116 valence electrons. The Morgan fingerprint density at radius 2 is 2.14 bits per heavy atom. The highest BCUT2D eigenvalue weighted by atomic mass is 16.1. The number of carbonyl (C=O) groups is 1. The van der Waals surface area contributed by atoms with E-state index in [9.17, 15) is 4.79 Å². The maximum absolute atomic E-state index is 12.5. The second-order valence-electron chi connectivity index (χ2n) is 6.11. The number of H-pyrrole nitrogens is 1. The molecular formula is C15H20N6O. The number of amides is 1. The molecule has 7 heteroatoms. The van der Waals surface area contributed by atoms with Crippen LogP contribution in [0.1, 0.15) is 32.6 Å². The number of rotatable bonds is 3. The van der Waals surface area contributed by atoms with Crippen molar-refractivity contribution in [1.82, 2.24) is 20.6 Å². The van der Waals surface area contributed by atoms with E-state index in [1.807, 2.05) is 31.2 Å². The molecule has 1 aliphatic rings. The van der Waals surface area contributed by atoms with Crippen LogP contribution in [0.25, 0.3) is 11.4 Å². The van der Waals surface area contributed by atoms with Crippen molar-refractivity contribution >= 4 is 11.6 Å². The van der Waals surface area contributed by atoms with Gasteiger partial charge in [-0.1, -0.05) is 12.8 Å². The van der Waals surface area contributed by atoms with Crippen LogP contribution in [-0.2, 0) is 4.79 Å². The Bertz CT molecular complexity index is 635. The van der Waals surface area contributed by atoms with E-state index in [2.05, 4.69) is 25.9 Å². The Morgan fingerprint density at radius 1 is 1.36 bits per heavy atom. The molecule has 1 fully saturated rings. The molecule has 1 aromatic heterocycles. The first-order chi connectivity index (χ1) is 10.6. The molecule has 0 saturated heterocycles. The number of nitrogens with one attached hydrogen (secondary N) is 2. The van der Waals surface area contributed by atoms with Crippen LogP contribution in [0.3, 0.4) is 0 Å². The summed E-state index contributed by atoms with van der Waals surface area (Å²) in [5, 5.41) is 16.7. The molecule has 1 amide bonds. The van der Waals surface area contributed by atoms with Gasteiger partial charge in [0, 0.05) is 16.8 Å². The third-order valence-electron chi connectivity index (χ3n) is 4.33. The van der Waals surface area contributed by atoms with Gasteiger partial charge in [-0.25, -0.2) is 0 Å². The van der Waals surface area contributed by atoms with Crippen molar-refractivity contribution in [2.45, 2.75) is 38.1 Å². The van der Waals surface area contributed by atoms with Crippen molar-refractivity contribution in [3.8, 4) is 11.4 Å². The van der Waals surface area contributed by atoms with Gasteiger partial charge >= 0.3 is 0 Å². The number of tetrazole rings is 1. The van der Waals surface area contributed by atoms with E-state index >= 15 is 0 Å². The first-order valence-electron chi connectivity index (χ1n) is 7.50. The molecule has 0 radical (unpaired) electrons. The molecule has 0 spiro atoms. The van der Waals surface area contributed by atoms with Crippen LogP contribution in [0.4, 0.5) is 5.69 Å². The van der Waals surface area contributed by atoms with Crippen molar-refractivity contribution in [3.63, 3.8) is 0 Å². The van der Waals surface area contributed by atoms with E-state index in [1.54, 1.807) is 0 Å². The van der Waals surface area contributed by atoms with Crippen LogP contribution < -0.4 is 11.1 Å². The van der Waals surface area contributed by atoms with Gasteiger partial charge in [0.05, 0.1) is 5.92 Å². The highest BCUT2D eigenvalue weighted by Crippen LogP contribution is 2.32. The smallest absolute Gasteiger partial charge is 0.229 e. The number of nitrogens with two attached hydrogens (primary N) is 1. The molecular weight excluding hydrogens is 280 g/mol. The van der Waals surface area contributed by atoms with Gasteiger partial charge in [0.15, 0.2) is 0 Å². The average molecular weight is 300 g/mol. The number of hydrogen-bond acceptors (Lipinski definition) is 5. The fourth-order valence-electron chi connectivity index (χ4n) is 3.00. The first-order valence-corrected chi connectivity index (χ1v) is 7.50. The van der Waals surface area contributed by atoms with Crippen LogP contribution in [0, 0.1) is 5.92 Å². The van der Waals surface area contributed by atoms with Crippen LogP contribution >= 0.6 is 0 Å². The van der Waals surface area contributed by atoms with Crippen molar-refractivity contribution in [3.05, 3.63) is 24.3 Å². The van der Waals surface area contributed by atoms with E-state index in [4.69, 9.17) is 5.73 Å². The summed E-state index contributed by atoms with van der Waals surface area (Å²) in [6.45, 7) is 1.97. The Kier molecular flexibility index (Phi) is 3.89. The molecule has 1 heterocycles. The summed E-state index contributed by atoms with van der Waals surface area (Å²) in [6.07, 6.45) is 3.89. The Labute approximate surface area is 128 Å². The maximum Gasteiger partial charge on any atom is 0.229 e. The van der Waals surface area contributed by atoms with Crippen molar-refractivity contribution in [1.29, 1.82) is 0 Å². The zero-order valence-corrected chi connectivity index (χ0v) is 12.5. The number of anilines is 1. The molecule has 1 aliphatic carbocycles. The normalized spacial score (nSPS) is 24.9. The summed E-state index contributed by atoms with van der Waals surface area (Å²) in [6, 6.07) is 7.37. The third-order valence-corrected chi connectivity index (χ3v) is 4.33. The third kappa shape index (κ3) is 2.99. The van der Waals surface area contributed by atoms with Gasteiger partial charge < -0.3 is 11.1 Å². The summed E-state index contributed by atoms with van der Waals surface area (Å²) in [7, 11) is 0. The zero-order chi connectivity index (χ0) is 15.6. The SMILES string of the molecule is CC1(N)CCCCC1C(=O)Nc1ccc(-c2nn[nH]n2)cc1. The molecule has 0 aliphatic heterocycles. The van der Waals surface area contributed by atoms with Gasteiger partial charge in [-0.3, -0.25) is 4.79 Å². The molecule has 22 heavy (non-hydrogen) atoms. The fourth-order valence-corrected chi connectivity index (χ4v) is 3.00. The minimum atomic E-state index is -0.424. The standard InChI is InChI=1S/C15H20N6O/c1-15(16)9-3-2-4-12(15)14(22)17-11-7-5-10(6-8-11)13-18-20-21-19-13/h5-8,12H,2-4,9,16H2,1H3,(H,17,22)(H,18,19,20,21). The molecule has 1 saturated carbocycles. The van der Waals surface area contributed by atoms with Crippen LogP contribution in [0.15, 0.2) is 24.3 Å². The Balaban J connectivity index is 1.69. The van der Waals surface area contributed by atoms with Crippen molar-refractivity contribution in [2.24, 2.45) is 11.7 Å². The molecule has 2 unspecified atom stereocenters. The lowest BCUT2D eigenvalue weighted by Crippen LogP contribution is -2.51. The van der Waals surface area contributed by atoms with E-state index in [0.717, 1.165) is 36.9 Å². The second-order valence-corrected chi connectivity index (χ2v) is 6.11. The predicted molar refractivity (Wildman–Crippen MR) is 82.8 cm³/mol. The molecule has 0 bridgehead atoms. The fraction of sp³-hybridized carbons (Fsp3) is 0.467. The number of carbonyl (C=O) groups excluding carboxylic acids is 1. The van der Waals surface area contributed by atoms with Gasteiger partial charge in [-0.15, -0.1) is 10.2 Å². The van der Waals surface area contributed by atoms with Gasteiger partial charge in [-0.05, 0) is 49.2 Å². The topological polar surface area (TPSA) is 110 Å². The summed E-state index contributed by atoms with van der Waals surface area (Å²) in [5.41, 5.74) is 7.44. The summed E-state index contributed by atoms with van der Waals surface area (Å²) >= 11 is 0. The van der Waals surface area contributed by atoms with E-state index < -0.39 is 5.54 Å². The van der Waals surface area contributed by atoms with Gasteiger partial charge in [0.1, 0.15) is 0 Å². The monoisotopic (exact) mass is 300 g/mol. The van der Waals surface area contributed by atoms with E-state index in [0.29, 0.717) is 5.82 Å².